The maximum Gasteiger partial charge on any atom is 0.138 e. The molecule has 0 aliphatic heterocycles. The zero-order valence-electron chi connectivity index (χ0n) is 13.1. The van der Waals surface area contributed by atoms with Gasteiger partial charge in [-0.2, -0.15) is 5.10 Å². The molecule has 0 spiro atoms. The Hall–Kier alpha value is -2.50. The van der Waals surface area contributed by atoms with Gasteiger partial charge in [0.25, 0.3) is 0 Å². The Kier molecular flexibility index (Phi) is 4.80. The second kappa shape index (κ2) is 7.17. The second-order valence-corrected chi connectivity index (χ2v) is 5.51. The molecule has 0 saturated carbocycles. The molecule has 5 heteroatoms. The molecule has 0 saturated heterocycles. The van der Waals surface area contributed by atoms with Crippen LogP contribution in [0.3, 0.4) is 0 Å². The van der Waals surface area contributed by atoms with Crippen LogP contribution in [0, 0.1) is 0 Å². The minimum atomic E-state index is 0.0737. The third-order valence-corrected chi connectivity index (χ3v) is 3.87. The van der Waals surface area contributed by atoms with Crippen LogP contribution in [-0.2, 0) is 13.2 Å². The highest BCUT2D eigenvalue weighted by Crippen LogP contribution is 2.15. The van der Waals surface area contributed by atoms with Crippen molar-refractivity contribution in [3.05, 3.63) is 77.9 Å². The van der Waals surface area contributed by atoms with Gasteiger partial charge in [0.05, 0.1) is 12.3 Å². The second-order valence-electron chi connectivity index (χ2n) is 5.51. The largest absolute Gasteiger partial charge is 0.392 e. The molecule has 2 aromatic carbocycles. The molecule has 5 nitrogen and oxygen atoms in total. The van der Waals surface area contributed by atoms with E-state index in [4.69, 9.17) is 0 Å². The van der Waals surface area contributed by atoms with Gasteiger partial charge in [-0.1, -0.05) is 36.4 Å². The Bertz CT molecular complexity index is 738. The molecular formula is C18H20N4O. The van der Waals surface area contributed by atoms with Crippen molar-refractivity contribution in [1.29, 1.82) is 0 Å². The van der Waals surface area contributed by atoms with E-state index in [1.54, 1.807) is 11.0 Å². The maximum atomic E-state index is 9.22. The van der Waals surface area contributed by atoms with E-state index in [0.29, 0.717) is 0 Å². The highest BCUT2D eigenvalue weighted by Gasteiger charge is 2.06. The smallest absolute Gasteiger partial charge is 0.138 e. The predicted octanol–water partition coefficient (Wildman–Crippen LogP) is 2.61. The van der Waals surface area contributed by atoms with E-state index in [0.717, 1.165) is 17.8 Å². The average Bonchev–Trinajstić information content (AvgIpc) is 3.15. The molecule has 3 rings (SSSR count). The van der Waals surface area contributed by atoms with Gasteiger partial charge in [-0.3, -0.25) is 0 Å². The van der Waals surface area contributed by atoms with Crippen LogP contribution in [0.15, 0.2) is 61.2 Å². The van der Waals surface area contributed by atoms with Gasteiger partial charge in [0.2, 0.25) is 0 Å². The molecule has 23 heavy (non-hydrogen) atoms. The van der Waals surface area contributed by atoms with Gasteiger partial charge in [0.1, 0.15) is 12.7 Å². The van der Waals surface area contributed by atoms with Crippen LogP contribution in [0.5, 0.6) is 0 Å². The van der Waals surface area contributed by atoms with E-state index in [1.807, 2.05) is 30.3 Å². The first-order chi connectivity index (χ1) is 11.3. The topological polar surface area (TPSA) is 63.0 Å². The van der Waals surface area contributed by atoms with E-state index < -0.39 is 0 Å². The summed E-state index contributed by atoms with van der Waals surface area (Å²) in [7, 11) is 0. The molecule has 1 aromatic heterocycles. The van der Waals surface area contributed by atoms with E-state index in [-0.39, 0.29) is 12.6 Å². The summed E-state index contributed by atoms with van der Waals surface area (Å²) >= 11 is 0. The minimum Gasteiger partial charge on any atom is -0.392 e. The zero-order valence-corrected chi connectivity index (χ0v) is 13.1. The summed E-state index contributed by atoms with van der Waals surface area (Å²) < 4.78 is 1.74. The van der Waals surface area contributed by atoms with Crippen LogP contribution < -0.4 is 5.32 Å². The third-order valence-electron chi connectivity index (χ3n) is 3.87. The van der Waals surface area contributed by atoms with Crippen molar-refractivity contribution in [2.75, 3.05) is 0 Å². The van der Waals surface area contributed by atoms with Crippen molar-refractivity contribution in [3.63, 3.8) is 0 Å². The van der Waals surface area contributed by atoms with Crippen LogP contribution in [0.2, 0.25) is 0 Å². The van der Waals surface area contributed by atoms with Crippen molar-refractivity contribution in [2.24, 2.45) is 0 Å². The number of nitrogens with zero attached hydrogens (tertiary/aromatic N) is 3. The number of nitrogens with one attached hydrogen (secondary N) is 1. The van der Waals surface area contributed by atoms with Gasteiger partial charge in [-0.05, 0) is 35.7 Å². The summed E-state index contributed by atoms with van der Waals surface area (Å²) in [4.78, 5) is 3.95. The number of rotatable bonds is 6. The van der Waals surface area contributed by atoms with Crippen LogP contribution in [0.4, 0.5) is 0 Å². The van der Waals surface area contributed by atoms with Gasteiger partial charge in [0, 0.05) is 12.6 Å². The standard InChI is InChI=1S/C18H20N4O/c1-14(17-4-2-3-16(9-17)11-23)20-10-15-5-7-18(8-6-15)22-13-19-12-21-22/h2-9,12-14,20,23H,10-11H2,1H3. The molecule has 118 valence electrons. The molecule has 1 heterocycles. The lowest BCUT2D eigenvalue weighted by molar-refractivity contribution is 0.281. The van der Waals surface area contributed by atoms with Crippen LogP contribution in [-0.4, -0.2) is 19.9 Å². The fourth-order valence-corrected chi connectivity index (χ4v) is 2.46. The third kappa shape index (κ3) is 3.83. The Morgan fingerprint density at radius 3 is 2.65 bits per heavy atom. The molecule has 3 aromatic rings. The molecule has 0 amide bonds. The SMILES string of the molecule is CC(NCc1ccc(-n2cncn2)cc1)c1cccc(CO)c1. The Balaban J connectivity index is 1.61. The molecule has 0 aliphatic carbocycles. The molecule has 2 N–H and O–H groups in total. The Morgan fingerprint density at radius 2 is 1.96 bits per heavy atom. The number of hydrogen-bond acceptors (Lipinski definition) is 4. The van der Waals surface area contributed by atoms with Crippen LogP contribution >= 0.6 is 0 Å². The summed E-state index contributed by atoms with van der Waals surface area (Å²) in [6.07, 6.45) is 3.21. The minimum absolute atomic E-state index is 0.0737. The van der Waals surface area contributed by atoms with Crippen molar-refractivity contribution in [3.8, 4) is 5.69 Å². The average molecular weight is 308 g/mol. The van der Waals surface area contributed by atoms with E-state index >= 15 is 0 Å². The first kappa shape index (κ1) is 15.4. The first-order valence-electron chi connectivity index (χ1n) is 7.63. The van der Waals surface area contributed by atoms with E-state index in [2.05, 4.69) is 40.5 Å². The molecule has 1 atom stereocenters. The normalized spacial score (nSPS) is 12.3. The summed E-state index contributed by atoms with van der Waals surface area (Å²) in [5.41, 5.74) is 4.32. The van der Waals surface area contributed by atoms with Crippen molar-refractivity contribution < 1.29 is 5.11 Å². The van der Waals surface area contributed by atoms with E-state index in [1.165, 1.54) is 17.5 Å². The van der Waals surface area contributed by atoms with Gasteiger partial charge in [0.15, 0.2) is 0 Å². The predicted molar refractivity (Wildman–Crippen MR) is 89.0 cm³/mol. The lowest BCUT2D eigenvalue weighted by Crippen LogP contribution is -2.18. The lowest BCUT2D eigenvalue weighted by Gasteiger charge is -2.15. The van der Waals surface area contributed by atoms with Gasteiger partial charge in [-0.15, -0.1) is 0 Å². The number of hydrogen-bond donors (Lipinski definition) is 2. The van der Waals surface area contributed by atoms with Gasteiger partial charge < -0.3 is 10.4 Å². The molecule has 0 fully saturated rings. The molecule has 0 bridgehead atoms. The van der Waals surface area contributed by atoms with Crippen molar-refractivity contribution >= 4 is 0 Å². The zero-order chi connectivity index (χ0) is 16.1. The van der Waals surface area contributed by atoms with Crippen LogP contribution in [0.25, 0.3) is 5.69 Å². The molecule has 1 unspecified atom stereocenters. The molecule has 0 radical (unpaired) electrons. The van der Waals surface area contributed by atoms with Gasteiger partial charge >= 0.3 is 0 Å². The summed E-state index contributed by atoms with van der Waals surface area (Å²) in [5, 5.41) is 16.8. The number of aliphatic hydroxyl groups is 1. The van der Waals surface area contributed by atoms with E-state index in [9.17, 15) is 5.11 Å². The van der Waals surface area contributed by atoms with Crippen molar-refractivity contribution in [2.45, 2.75) is 26.1 Å². The number of benzene rings is 2. The Labute approximate surface area is 135 Å². The summed E-state index contributed by atoms with van der Waals surface area (Å²) in [6, 6.07) is 16.5. The summed E-state index contributed by atoms with van der Waals surface area (Å²) in [5.74, 6) is 0. The lowest BCUT2D eigenvalue weighted by atomic mass is 10.1. The van der Waals surface area contributed by atoms with Crippen LogP contribution in [0.1, 0.15) is 29.7 Å². The number of aromatic nitrogens is 3. The molecular weight excluding hydrogens is 288 g/mol. The fourth-order valence-electron chi connectivity index (χ4n) is 2.46. The fraction of sp³-hybridized carbons (Fsp3) is 0.222. The van der Waals surface area contributed by atoms with Gasteiger partial charge in [-0.25, -0.2) is 9.67 Å². The quantitative estimate of drug-likeness (QED) is 0.735. The number of aliphatic hydroxyl groups excluding tert-OH is 1. The highest BCUT2D eigenvalue weighted by molar-refractivity contribution is 5.33. The summed E-state index contributed by atoms with van der Waals surface area (Å²) in [6.45, 7) is 2.98. The van der Waals surface area contributed by atoms with Crippen molar-refractivity contribution in [1.82, 2.24) is 20.1 Å². The highest BCUT2D eigenvalue weighted by atomic mass is 16.3. The Morgan fingerprint density at radius 1 is 1.13 bits per heavy atom. The monoisotopic (exact) mass is 308 g/mol. The first-order valence-corrected chi connectivity index (χ1v) is 7.63. The maximum absolute atomic E-state index is 9.22. The molecule has 0 aliphatic rings.